The third-order valence-corrected chi connectivity index (χ3v) is 2.89. The first kappa shape index (κ1) is 12.3. The molecule has 0 bridgehead atoms. The van der Waals surface area contributed by atoms with Crippen molar-refractivity contribution in [2.45, 2.75) is 6.54 Å². The molecule has 1 aromatic rings. The van der Waals surface area contributed by atoms with E-state index < -0.39 is 0 Å². The number of anilines is 1. The van der Waals surface area contributed by atoms with Gasteiger partial charge in [-0.05, 0) is 12.1 Å². The Labute approximate surface area is 106 Å². The number of amides is 2. The van der Waals surface area contributed by atoms with Gasteiger partial charge in [0.15, 0.2) is 0 Å². The molecule has 2 amide bonds. The predicted molar refractivity (Wildman–Crippen MR) is 66.8 cm³/mol. The van der Waals surface area contributed by atoms with Crippen LogP contribution in [0.1, 0.15) is 5.69 Å². The number of hydrogen-bond donors (Lipinski definition) is 1. The van der Waals surface area contributed by atoms with E-state index in [4.69, 9.17) is 0 Å². The number of carbonyl (C=O) groups is 2. The molecule has 96 valence electrons. The maximum atomic E-state index is 11.8. The van der Waals surface area contributed by atoms with E-state index in [2.05, 4.69) is 10.3 Å². The van der Waals surface area contributed by atoms with Gasteiger partial charge in [0.25, 0.3) is 0 Å². The Hall–Kier alpha value is -2.11. The summed E-state index contributed by atoms with van der Waals surface area (Å²) in [5.74, 6) is 0.661. The van der Waals surface area contributed by atoms with Crippen LogP contribution in [0, 0.1) is 0 Å². The molecule has 2 heterocycles. The average Bonchev–Trinajstić information content (AvgIpc) is 2.36. The summed E-state index contributed by atoms with van der Waals surface area (Å²) in [6, 6.07) is 5.56. The number of piperazine rings is 1. The fourth-order valence-electron chi connectivity index (χ4n) is 1.81. The van der Waals surface area contributed by atoms with E-state index in [-0.39, 0.29) is 24.9 Å². The molecule has 0 aliphatic carbocycles. The van der Waals surface area contributed by atoms with Crippen molar-refractivity contribution in [1.29, 1.82) is 0 Å². The highest BCUT2D eigenvalue weighted by atomic mass is 16.2. The quantitative estimate of drug-likeness (QED) is 0.813. The fourth-order valence-corrected chi connectivity index (χ4v) is 1.81. The number of nitrogens with zero attached hydrogens (tertiary/aromatic N) is 3. The van der Waals surface area contributed by atoms with Gasteiger partial charge in [0.1, 0.15) is 12.4 Å². The lowest BCUT2D eigenvalue weighted by Crippen LogP contribution is -2.51. The van der Waals surface area contributed by atoms with E-state index in [9.17, 15) is 9.59 Å². The van der Waals surface area contributed by atoms with Crippen LogP contribution in [0.5, 0.6) is 0 Å². The van der Waals surface area contributed by atoms with Gasteiger partial charge in [-0.25, -0.2) is 4.98 Å². The number of pyridine rings is 1. The van der Waals surface area contributed by atoms with Gasteiger partial charge in [-0.15, -0.1) is 0 Å². The van der Waals surface area contributed by atoms with Gasteiger partial charge in [-0.2, -0.15) is 0 Å². The monoisotopic (exact) mass is 248 g/mol. The standard InChI is InChI=1S/C12H16N4O2/c1-13-10-5-3-4-9(14-10)6-16-8-11(17)15(2)7-12(16)18/h3-5H,6-8H2,1-2H3,(H,13,14). The van der Waals surface area contributed by atoms with E-state index in [1.54, 1.807) is 14.1 Å². The van der Waals surface area contributed by atoms with Crippen LogP contribution in [-0.4, -0.2) is 53.8 Å². The van der Waals surface area contributed by atoms with Gasteiger partial charge in [0.2, 0.25) is 11.8 Å². The largest absolute Gasteiger partial charge is 0.373 e. The molecule has 2 rings (SSSR count). The van der Waals surface area contributed by atoms with Crippen molar-refractivity contribution in [3.05, 3.63) is 23.9 Å². The number of likely N-dealkylation sites (N-methyl/N-ethyl adjacent to an activating group) is 1. The molecular weight excluding hydrogens is 232 g/mol. The van der Waals surface area contributed by atoms with Crippen molar-refractivity contribution in [3.8, 4) is 0 Å². The summed E-state index contributed by atoms with van der Waals surface area (Å²) < 4.78 is 0. The van der Waals surface area contributed by atoms with Crippen LogP contribution in [0.3, 0.4) is 0 Å². The second-order valence-corrected chi connectivity index (χ2v) is 4.26. The maximum absolute atomic E-state index is 11.8. The summed E-state index contributed by atoms with van der Waals surface area (Å²) >= 11 is 0. The SMILES string of the molecule is CNc1cccc(CN2CC(=O)N(C)CC2=O)n1. The first-order chi connectivity index (χ1) is 8.60. The third kappa shape index (κ3) is 2.58. The molecular formula is C12H16N4O2. The van der Waals surface area contributed by atoms with Crippen molar-refractivity contribution in [2.24, 2.45) is 0 Å². The summed E-state index contributed by atoms with van der Waals surface area (Å²) in [6.07, 6.45) is 0. The molecule has 0 atom stereocenters. The van der Waals surface area contributed by atoms with Crippen LogP contribution < -0.4 is 5.32 Å². The van der Waals surface area contributed by atoms with Gasteiger partial charge in [0, 0.05) is 14.1 Å². The molecule has 0 radical (unpaired) electrons. The predicted octanol–water partition coefficient (Wildman–Crippen LogP) is -0.0761. The van der Waals surface area contributed by atoms with E-state index >= 15 is 0 Å². The summed E-state index contributed by atoms with van der Waals surface area (Å²) in [7, 11) is 3.42. The Morgan fingerprint density at radius 1 is 1.28 bits per heavy atom. The summed E-state index contributed by atoms with van der Waals surface area (Å²) in [4.78, 5) is 30.7. The van der Waals surface area contributed by atoms with Crippen LogP contribution in [0.4, 0.5) is 5.82 Å². The number of carbonyl (C=O) groups excluding carboxylic acids is 2. The molecule has 1 aliphatic rings. The van der Waals surface area contributed by atoms with E-state index in [0.29, 0.717) is 6.54 Å². The van der Waals surface area contributed by atoms with Gasteiger partial charge >= 0.3 is 0 Å². The topological polar surface area (TPSA) is 65.5 Å². The van der Waals surface area contributed by atoms with Crippen LogP contribution >= 0.6 is 0 Å². The molecule has 0 aromatic carbocycles. The Balaban J connectivity index is 2.08. The summed E-state index contributed by atoms with van der Waals surface area (Å²) in [6.45, 7) is 0.638. The molecule has 0 saturated carbocycles. The normalized spacial score (nSPS) is 16.1. The molecule has 1 fully saturated rings. The maximum Gasteiger partial charge on any atom is 0.243 e. The van der Waals surface area contributed by atoms with Crippen molar-refractivity contribution in [3.63, 3.8) is 0 Å². The third-order valence-electron chi connectivity index (χ3n) is 2.89. The smallest absolute Gasteiger partial charge is 0.243 e. The van der Waals surface area contributed by atoms with Crippen LogP contribution in [0.2, 0.25) is 0 Å². The van der Waals surface area contributed by atoms with Crippen molar-refractivity contribution < 1.29 is 9.59 Å². The Bertz CT molecular complexity index is 475. The lowest BCUT2D eigenvalue weighted by atomic mass is 10.2. The minimum Gasteiger partial charge on any atom is -0.373 e. The highest BCUT2D eigenvalue weighted by Crippen LogP contribution is 2.10. The summed E-state index contributed by atoms with van der Waals surface area (Å²) in [5.41, 5.74) is 0.771. The zero-order valence-electron chi connectivity index (χ0n) is 10.5. The van der Waals surface area contributed by atoms with Crippen LogP contribution in [-0.2, 0) is 16.1 Å². The van der Waals surface area contributed by atoms with Gasteiger partial charge < -0.3 is 15.1 Å². The van der Waals surface area contributed by atoms with Crippen LogP contribution in [0.15, 0.2) is 18.2 Å². The molecule has 18 heavy (non-hydrogen) atoms. The zero-order chi connectivity index (χ0) is 13.1. The average molecular weight is 248 g/mol. The van der Waals surface area contributed by atoms with E-state index in [1.165, 1.54) is 9.80 Å². The fraction of sp³-hybridized carbons (Fsp3) is 0.417. The number of aromatic nitrogens is 1. The number of hydrogen-bond acceptors (Lipinski definition) is 4. The second-order valence-electron chi connectivity index (χ2n) is 4.26. The lowest BCUT2D eigenvalue weighted by Gasteiger charge is -2.31. The van der Waals surface area contributed by atoms with Gasteiger partial charge in [0.05, 0.1) is 18.8 Å². The lowest BCUT2D eigenvalue weighted by molar-refractivity contribution is -0.149. The van der Waals surface area contributed by atoms with Crippen LogP contribution in [0.25, 0.3) is 0 Å². The Kier molecular flexibility index (Phi) is 3.45. The van der Waals surface area contributed by atoms with Gasteiger partial charge in [-0.1, -0.05) is 6.07 Å². The summed E-state index contributed by atoms with van der Waals surface area (Å²) in [5, 5.41) is 2.94. The molecule has 0 unspecified atom stereocenters. The van der Waals surface area contributed by atoms with Crippen molar-refractivity contribution in [2.75, 3.05) is 32.5 Å². The number of nitrogens with one attached hydrogen (secondary N) is 1. The molecule has 1 aromatic heterocycles. The first-order valence-corrected chi connectivity index (χ1v) is 5.75. The van der Waals surface area contributed by atoms with E-state index in [1.807, 2.05) is 18.2 Å². The van der Waals surface area contributed by atoms with Crippen molar-refractivity contribution in [1.82, 2.24) is 14.8 Å². The highest BCUT2D eigenvalue weighted by Gasteiger charge is 2.27. The second kappa shape index (κ2) is 5.03. The molecule has 1 N–H and O–H groups in total. The molecule has 1 aliphatic heterocycles. The first-order valence-electron chi connectivity index (χ1n) is 5.75. The minimum absolute atomic E-state index is 0.0422. The number of rotatable bonds is 3. The zero-order valence-corrected chi connectivity index (χ0v) is 10.5. The Morgan fingerprint density at radius 2 is 2.06 bits per heavy atom. The molecule has 0 spiro atoms. The Morgan fingerprint density at radius 3 is 2.78 bits per heavy atom. The molecule has 6 heteroatoms. The highest BCUT2D eigenvalue weighted by molar-refractivity contribution is 5.92. The van der Waals surface area contributed by atoms with Gasteiger partial charge in [-0.3, -0.25) is 9.59 Å². The molecule has 1 saturated heterocycles. The van der Waals surface area contributed by atoms with E-state index in [0.717, 1.165) is 11.5 Å². The molecule has 6 nitrogen and oxygen atoms in total. The minimum atomic E-state index is -0.0474. The van der Waals surface area contributed by atoms with Crippen molar-refractivity contribution >= 4 is 17.6 Å².